The highest BCUT2D eigenvalue weighted by Gasteiger charge is 2.70. The van der Waals surface area contributed by atoms with Crippen LogP contribution in [-0.2, 0) is 20.8 Å². The molecule has 0 aliphatic heterocycles. The molecule has 5 aliphatic rings. The van der Waals surface area contributed by atoms with E-state index in [4.69, 9.17) is 9.47 Å². The lowest BCUT2D eigenvalue weighted by Gasteiger charge is -2.72. The number of nitrogens with one attached hydrogen (secondary N) is 1. The minimum absolute atomic E-state index is 0.0562. The fourth-order valence-corrected chi connectivity index (χ4v) is 12.4. The normalized spacial score (nSPS) is 44.6. The van der Waals surface area contributed by atoms with E-state index in [1.54, 1.807) is 5.57 Å². The molecule has 1 aromatic rings. The van der Waals surface area contributed by atoms with E-state index in [0.29, 0.717) is 30.2 Å². The van der Waals surface area contributed by atoms with Crippen molar-refractivity contribution in [1.82, 2.24) is 5.32 Å². The summed E-state index contributed by atoms with van der Waals surface area (Å²) in [4.78, 5) is 14.4. The standard InChI is InChI=1S/C39H59NO3/c1-34(2)19-21-39(33(41)40-25-26-13-11-10-12-14-26)22-20-37(6)27(28(39)23-34)15-16-31-36(5)24-29(42-8)32(43-9)35(3,4)30(36)17-18-38(31,37)7/h10-15,28-32H,16-25H2,1-9H3,(H,40,41)/t28-,29+,30-,31+,32-,36-,37+,38+,39-/m0/s1. The molecule has 238 valence electrons. The Morgan fingerprint density at radius 3 is 2.23 bits per heavy atom. The number of hydrogen-bond donors (Lipinski definition) is 1. The van der Waals surface area contributed by atoms with E-state index < -0.39 is 0 Å². The van der Waals surface area contributed by atoms with Crippen molar-refractivity contribution >= 4 is 5.91 Å². The third kappa shape index (κ3) is 4.46. The second kappa shape index (κ2) is 10.4. The van der Waals surface area contributed by atoms with E-state index in [1.807, 2.05) is 20.3 Å². The molecule has 1 N–H and O–H groups in total. The summed E-state index contributed by atoms with van der Waals surface area (Å²) in [6.07, 6.45) is 13.0. The van der Waals surface area contributed by atoms with Crippen LogP contribution in [0.3, 0.4) is 0 Å². The summed E-state index contributed by atoms with van der Waals surface area (Å²) in [6.45, 7) is 18.2. The van der Waals surface area contributed by atoms with Crippen molar-refractivity contribution in [1.29, 1.82) is 0 Å². The van der Waals surface area contributed by atoms with Crippen molar-refractivity contribution < 1.29 is 14.3 Å². The molecule has 1 amide bonds. The molecule has 9 atom stereocenters. The first-order chi connectivity index (χ1) is 20.2. The largest absolute Gasteiger partial charge is 0.379 e. The fraction of sp³-hybridized carbons (Fsp3) is 0.769. The van der Waals surface area contributed by atoms with Gasteiger partial charge in [-0.25, -0.2) is 0 Å². The first-order valence-electron chi connectivity index (χ1n) is 17.3. The molecule has 0 saturated heterocycles. The number of ether oxygens (including phenoxy) is 2. The summed E-state index contributed by atoms with van der Waals surface area (Å²) in [6, 6.07) is 10.4. The highest BCUT2D eigenvalue weighted by atomic mass is 16.5. The van der Waals surface area contributed by atoms with Crippen molar-refractivity contribution in [2.24, 2.45) is 50.2 Å². The van der Waals surface area contributed by atoms with Gasteiger partial charge in [0, 0.05) is 20.8 Å². The van der Waals surface area contributed by atoms with E-state index in [-0.39, 0.29) is 44.7 Å². The van der Waals surface area contributed by atoms with Crippen LogP contribution in [-0.4, -0.2) is 32.3 Å². The van der Waals surface area contributed by atoms with Gasteiger partial charge in [-0.3, -0.25) is 4.79 Å². The molecule has 6 rings (SSSR count). The van der Waals surface area contributed by atoms with E-state index in [0.717, 1.165) is 44.9 Å². The minimum atomic E-state index is -0.292. The van der Waals surface area contributed by atoms with Crippen LogP contribution in [0, 0.1) is 50.2 Å². The molecular formula is C39H59NO3. The van der Waals surface area contributed by atoms with E-state index in [1.165, 1.54) is 18.4 Å². The number of carbonyl (C=O) groups excluding carboxylic acids is 1. The predicted molar refractivity (Wildman–Crippen MR) is 174 cm³/mol. The van der Waals surface area contributed by atoms with E-state index in [9.17, 15) is 4.79 Å². The molecule has 4 heteroatoms. The van der Waals surface area contributed by atoms with Gasteiger partial charge in [0.25, 0.3) is 0 Å². The van der Waals surface area contributed by atoms with Gasteiger partial charge in [-0.15, -0.1) is 0 Å². The Morgan fingerprint density at radius 2 is 1.56 bits per heavy atom. The van der Waals surface area contributed by atoms with Crippen molar-refractivity contribution in [3.8, 4) is 0 Å². The maximum absolute atomic E-state index is 14.4. The summed E-state index contributed by atoms with van der Waals surface area (Å²) in [5, 5.41) is 3.44. The van der Waals surface area contributed by atoms with E-state index in [2.05, 4.69) is 84.1 Å². The quantitative estimate of drug-likeness (QED) is 0.349. The molecular weight excluding hydrogens is 530 g/mol. The first kappa shape index (κ1) is 31.3. The van der Waals surface area contributed by atoms with Gasteiger partial charge in [0.2, 0.25) is 5.91 Å². The minimum Gasteiger partial charge on any atom is -0.379 e. The number of amides is 1. The van der Waals surface area contributed by atoms with Crippen molar-refractivity contribution in [2.75, 3.05) is 14.2 Å². The third-order valence-electron chi connectivity index (χ3n) is 14.8. The van der Waals surface area contributed by atoms with Crippen LogP contribution in [0.1, 0.15) is 112 Å². The van der Waals surface area contributed by atoms with Crippen molar-refractivity contribution in [3.63, 3.8) is 0 Å². The van der Waals surface area contributed by atoms with Crippen molar-refractivity contribution in [2.45, 2.75) is 125 Å². The molecule has 1 aromatic carbocycles. The van der Waals surface area contributed by atoms with Gasteiger partial charge in [-0.05, 0) is 108 Å². The van der Waals surface area contributed by atoms with Crippen LogP contribution >= 0.6 is 0 Å². The first-order valence-corrected chi connectivity index (χ1v) is 17.3. The smallest absolute Gasteiger partial charge is 0.227 e. The number of fused-ring (bicyclic) bond motifs is 7. The Kier molecular flexibility index (Phi) is 7.61. The highest BCUT2D eigenvalue weighted by molar-refractivity contribution is 5.84. The zero-order valence-electron chi connectivity index (χ0n) is 28.6. The number of allylic oxidation sites excluding steroid dienone is 2. The zero-order valence-corrected chi connectivity index (χ0v) is 28.6. The average Bonchev–Trinajstić information content (AvgIpc) is 2.96. The number of carbonyl (C=O) groups is 1. The van der Waals surface area contributed by atoms with Crippen LogP contribution in [0.2, 0.25) is 0 Å². The molecule has 0 bridgehead atoms. The summed E-state index contributed by atoms with van der Waals surface area (Å²) in [5.41, 5.74) is 3.32. The number of rotatable bonds is 5. The van der Waals surface area contributed by atoms with Crippen LogP contribution in [0.5, 0.6) is 0 Å². The third-order valence-corrected chi connectivity index (χ3v) is 14.8. The average molecular weight is 590 g/mol. The van der Waals surface area contributed by atoms with Crippen LogP contribution in [0.25, 0.3) is 0 Å². The lowest BCUT2D eigenvalue weighted by atomic mass is 9.33. The number of methoxy groups -OCH3 is 2. The number of benzene rings is 1. The molecule has 5 aliphatic carbocycles. The van der Waals surface area contributed by atoms with Gasteiger partial charge in [0.1, 0.15) is 0 Å². The summed E-state index contributed by atoms with van der Waals surface area (Å²) >= 11 is 0. The molecule has 0 spiro atoms. The summed E-state index contributed by atoms with van der Waals surface area (Å²) < 4.78 is 12.3. The summed E-state index contributed by atoms with van der Waals surface area (Å²) in [5.74, 6) is 1.82. The van der Waals surface area contributed by atoms with Crippen LogP contribution < -0.4 is 5.32 Å². The van der Waals surface area contributed by atoms with Crippen LogP contribution in [0.4, 0.5) is 0 Å². The molecule has 0 unspecified atom stereocenters. The molecule has 43 heavy (non-hydrogen) atoms. The maximum atomic E-state index is 14.4. The Balaban J connectivity index is 1.37. The van der Waals surface area contributed by atoms with E-state index >= 15 is 0 Å². The lowest BCUT2D eigenvalue weighted by molar-refractivity contribution is -0.240. The fourth-order valence-electron chi connectivity index (χ4n) is 12.4. The molecule has 4 nitrogen and oxygen atoms in total. The topological polar surface area (TPSA) is 47.6 Å². The predicted octanol–water partition coefficient (Wildman–Crippen LogP) is 8.74. The Hall–Kier alpha value is -1.65. The Morgan fingerprint density at radius 1 is 0.860 bits per heavy atom. The zero-order chi connectivity index (χ0) is 31.1. The van der Waals surface area contributed by atoms with Gasteiger partial charge < -0.3 is 14.8 Å². The highest BCUT2D eigenvalue weighted by Crippen LogP contribution is 2.76. The Bertz CT molecular complexity index is 1250. The lowest BCUT2D eigenvalue weighted by Crippen LogP contribution is -2.67. The Labute approximate surface area is 262 Å². The van der Waals surface area contributed by atoms with Gasteiger partial charge in [0.15, 0.2) is 0 Å². The molecule has 0 aromatic heterocycles. The second-order valence-electron chi connectivity index (χ2n) is 17.5. The number of hydrogen-bond acceptors (Lipinski definition) is 3. The SMILES string of the molecule is CO[C@@H]1C[C@]2(C)[C@H]3CC=C4[C@@H]5CC(C)(C)CC[C@]5(C(=O)NCc5ccccc5)CC[C@@]4(C)[C@]3(C)CC[C@H]2C(C)(C)[C@H]1OC. The summed E-state index contributed by atoms with van der Waals surface area (Å²) in [7, 11) is 3.76. The molecule has 4 saturated carbocycles. The molecule has 0 heterocycles. The van der Waals surface area contributed by atoms with Crippen molar-refractivity contribution in [3.05, 3.63) is 47.5 Å². The van der Waals surface area contributed by atoms with Gasteiger partial charge >= 0.3 is 0 Å². The molecule has 0 radical (unpaired) electrons. The second-order valence-corrected chi connectivity index (χ2v) is 17.5. The van der Waals surface area contributed by atoms with Crippen LogP contribution in [0.15, 0.2) is 42.0 Å². The monoisotopic (exact) mass is 589 g/mol. The van der Waals surface area contributed by atoms with Gasteiger partial charge in [-0.1, -0.05) is 90.4 Å². The molecule has 4 fully saturated rings. The van der Waals surface area contributed by atoms with Gasteiger partial charge in [0.05, 0.1) is 17.6 Å². The maximum Gasteiger partial charge on any atom is 0.227 e. The van der Waals surface area contributed by atoms with Gasteiger partial charge in [-0.2, -0.15) is 0 Å².